The fourth-order valence-electron chi connectivity index (χ4n) is 5.10. The van der Waals surface area contributed by atoms with E-state index in [0.717, 1.165) is 12.8 Å². The number of ether oxygens (including phenoxy) is 2. The van der Waals surface area contributed by atoms with Crippen LogP contribution in [0.15, 0.2) is 58.5 Å². The highest BCUT2D eigenvalue weighted by molar-refractivity contribution is 6.24. The lowest BCUT2D eigenvalue weighted by atomic mass is 9.76. The maximum absolute atomic E-state index is 13.7. The second-order valence-electron chi connectivity index (χ2n) is 9.76. The molecule has 1 saturated heterocycles. The van der Waals surface area contributed by atoms with Crippen molar-refractivity contribution in [1.82, 2.24) is 4.90 Å². The van der Waals surface area contributed by atoms with E-state index in [4.69, 9.17) is 9.47 Å². The quantitative estimate of drug-likeness (QED) is 0.207. The Morgan fingerprint density at radius 1 is 1.14 bits per heavy atom. The van der Waals surface area contributed by atoms with Gasteiger partial charge in [0.05, 0.1) is 6.61 Å². The molecule has 1 fully saturated rings. The Labute approximate surface area is 214 Å². The van der Waals surface area contributed by atoms with Crippen molar-refractivity contribution < 1.29 is 44.3 Å². The molecule has 0 radical (unpaired) electrons. The zero-order valence-corrected chi connectivity index (χ0v) is 21.1. The van der Waals surface area contributed by atoms with Crippen molar-refractivity contribution in [2.24, 2.45) is 0 Å². The average Bonchev–Trinajstić information content (AvgIpc) is 3.13. The topological polar surface area (TPSA) is 154 Å². The summed E-state index contributed by atoms with van der Waals surface area (Å²) in [5, 5.41) is 40.8. The normalized spacial score (nSPS) is 33.6. The summed E-state index contributed by atoms with van der Waals surface area (Å²) in [6.45, 7) is 4.63. The number of aliphatic hydroxyl groups is 4. The molecule has 10 heteroatoms. The zero-order chi connectivity index (χ0) is 27.1. The molecule has 3 aliphatic heterocycles. The molecule has 6 atom stereocenters. The van der Waals surface area contributed by atoms with Crippen LogP contribution in [-0.2, 0) is 23.9 Å². The number of hydrogen-bond acceptors (Lipinski definition) is 10. The molecule has 200 valence electrons. The predicted molar refractivity (Wildman–Crippen MR) is 130 cm³/mol. The lowest BCUT2D eigenvalue weighted by Gasteiger charge is -2.46. The van der Waals surface area contributed by atoms with Gasteiger partial charge in [-0.3, -0.25) is 9.59 Å². The zero-order valence-electron chi connectivity index (χ0n) is 21.1. The number of Topliss-reactive ketones (excluding diaryl/α,β-unsaturated/α-hetero) is 2. The van der Waals surface area contributed by atoms with Crippen LogP contribution in [-0.4, -0.2) is 85.7 Å². The lowest BCUT2D eigenvalue weighted by molar-refractivity contribution is -0.254. The SMILES string of the molecule is C/C=C/C1=CC2=CC3=C(C(=O)CCCCC)C(=O)O[C@@]3(C)C(=O)C2=CN1C1O[C@H](CO)[C@@H](O)[C@H](O)[C@H]1O. The van der Waals surface area contributed by atoms with E-state index in [-0.39, 0.29) is 28.9 Å². The number of unbranched alkanes of at least 4 members (excludes halogenated alkanes) is 2. The fourth-order valence-corrected chi connectivity index (χ4v) is 5.10. The van der Waals surface area contributed by atoms with Crippen LogP contribution in [0.1, 0.15) is 46.5 Å². The van der Waals surface area contributed by atoms with Crippen LogP contribution in [0.4, 0.5) is 0 Å². The van der Waals surface area contributed by atoms with E-state index < -0.39 is 54.6 Å². The maximum atomic E-state index is 13.7. The first kappa shape index (κ1) is 27.2. The number of allylic oxidation sites excluding steroid dienone is 4. The van der Waals surface area contributed by atoms with Crippen molar-refractivity contribution in [3.8, 4) is 0 Å². The minimum atomic E-state index is -1.69. The Hall–Kier alpha value is -2.89. The van der Waals surface area contributed by atoms with Crippen molar-refractivity contribution in [3.05, 3.63) is 58.5 Å². The molecule has 0 bridgehead atoms. The molecular formula is C27H33NO9. The summed E-state index contributed by atoms with van der Waals surface area (Å²) in [6.07, 6.45) is 3.56. The molecule has 1 aliphatic carbocycles. The number of carbonyl (C=O) groups is 3. The third kappa shape index (κ3) is 4.53. The summed E-state index contributed by atoms with van der Waals surface area (Å²) in [4.78, 5) is 40.8. The summed E-state index contributed by atoms with van der Waals surface area (Å²) >= 11 is 0. The van der Waals surface area contributed by atoms with Crippen LogP contribution in [0.5, 0.6) is 0 Å². The highest BCUT2D eigenvalue weighted by atomic mass is 16.6. The molecule has 37 heavy (non-hydrogen) atoms. The van der Waals surface area contributed by atoms with E-state index in [2.05, 4.69) is 0 Å². The first-order valence-electron chi connectivity index (χ1n) is 12.5. The van der Waals surface area contributed by atoms with Crippen LogP contribution in [0.3, 0.4) is 0 Å². The van der Waals surface area contributed by atoms with Crippen molar-refractivity contribution in [1.29, 1.82) is 0 Å². The number of aliphatic hydroxyl groups excluding tert-OH is 4. The first-order valence-corrected chi connectivity index (χ1v) is 12.5. The highest BCUT2D eigenvalue weighted by Crippen LogP contribution is 2.45. The van der Waals surface area contributed by atoms with Gasteiger partial charge >= 0.3 is 5.97 Å². The Balaban J connectivity index is 1.78. The molecule has 3 heterocycles. The van der Waals surface area contributed by atoms with Crippen LogP contribution >= 0.6 is 0 Å². The number of carbonyl (C=O) groups excluding carboxylic acids is 3. The summed E-state index contributed by atoms with van der Waals surface area (Å²) in [5.74, 6) is -1.73. The van der Waals surface area contributed by atoms with Gasteiger partial charge in [-0.15, -0.1) is 0 Å². The first-order chi connectivity index (χ1) is 17.6. The minimum absolute atomic E-state index is 0.101. The van der Waals surface area contributed by atoms with E-state index in [1.807, 2.05) is 6.92 Å². The van der Waals surface area contributed by atoms with Gasteiger partial charge in [0.15, 0.2) is 17.6 Å². The summed E-state index contributed by atoms with van der Waals surface area (Å²) in [5.41, 5.74) is -0.480. The van der Waals surface area contributed by atoms with E-state index >= 15 is 0 Å². The molecule has 4 aliphatic rings. The number of nitrogens with zero attached hydrogens (tertiary/aromatic N) is 1. The van der Waals surface area contributed by atoms with Gasteiger partial charge in [0.25, 0.3) is 0 Å². The highest BCUT2D eigenvalue weighted by Gasteiger charge is 2.55. The molecule has 0 aromatic heterocycles. The largest absolute Gasteiger partial charge is 0.442 e. The molecule has 0 amide bonds. The summed E-state index contributed by atoms with van der Waals surface area (Å²) < 4.78 is 11.2. The number of esters is 1. The molecule has 4 N–H and O–H groups in total. The maximum Gasteiger partial charge on any atom is 0.343 e. The van der Waals surface area contributed by atoms with Gasteiger partial charge in [-0.1, -0.05) is 25.8 Å². The van der Waals surface area contributed by atoms with Crippen molar-refractivity contribution >= 4 is 17.5 Å². The molecule has 10 nitrogen and oxygen atoms in total. The lowest BCUT2D eigenvalue weighted by Crippen LogP contribution is -2.62. The van der Waals surface area contributed by atoms with Crippen LogP contribution in [0.2, 0.25) is 0 Å². The Morgan fingerprint density at radius 3 is 2.51 bits per heavy atom. The summed E-state index contributed by atoms with van der Waals surface area (Å²) in [6, 6.07) is 0. The van der Waals surface area contributed by atoms with Gasteiger partial charge < -0.3 is 34.8 Å². The van der Waals surface area contributed by atoms with Crippen molar-refractivity contribution in [2.45, 2.75) is 82.7 Å². The number of ketones is 2. The van der Waals surface area contributed by atoms with E-state index in [1.54, 1.807) is 31.2 Å². The van der Waals surface area contributed by atoms with Crippen LogP contribution in [0, 0.1) is 0 Å². The minimum Gasteiger partial charge on any atom is -0.442 e. The van der Waals surface area contributed by atoms with Gasteiger partial charge in [-0.2, -0.15) is 0 Å². The molecule has 0 aromatic carbocycles. The molecule has 0 aromatic rings. The molecule has 1 unspecified atom stereocenters. The van der Waals surface area contributed by atoms with E-state index in [1.165, 1.54) is 18.0 Å². The third-order valence-corrected chi connectivity index (χ3v) is 7.21. The number of rotatable bonds is 8. The standard InChI is InChI=1S/C27H33NO9/c1-4-6-7-9-18(30)20-17-11-14-10-15(8-5-2)28(12-16(14)24(34)27(17,3)37-26(20)35)25-23(33)22(32)21(31)19(13-29)36-25/h5,8,10-12,19,21-23,25,29,31-33H,4,6-7,9,13H2,1-3H3/b8-5+/t19-,21-,22+,23-,25?,27-/m1/s1. The van der Waals surface area contributed by atoms with Crippen molar-refractivity contribution in [3.63, 3.8) is 0 Å². The molecule has 0 saturated carbocycles. The Morgan fingerprint density at radius 2 is 1.86 bits per heavy atom. The smallest absolute Gasteiger partial charge is 0.343 e. The van der Waals surface area contributed by atoms with E-state index in [9.17, 15) is 34.8 Å². The van der Waals surface area contributed by atoms with Gasteiger partial charge in [0.2, 0.25) is 5.78 Å². The summed E-state index contributed by atoms with van der Waals surface area (Å²) in [7, 11) is 0. The van der Waals surface area contributed by atoms with Gasteiger partial charge in [0, 0.05) is 29.5 Å². The second-order valence-corrected chi connectivity index (χ2v) is 9.76. The Bertz CT molecular complexity index is 1140. The van der Waals surface area contributed by atoms with Gasteiger partial charge in [-0.05, 0) is 44.1 Å². The van der Waals surface area contributed by atoms with Crippen molar-refractivity contribution in [2.75, 3.05) is 6.61 Å². The van der Waals surface area contributed by atoms with E-state index in [0.29, 0.717) is 17.7 Å². The van der Waals surface area contributed by atoms with Crippen LogP contribution in [0.25, 0.3) is 0 Å². The van der Waals surface area contributed by atoms with Crippen LogP contribution < -0.4 is 0 Å². The monoisotopic (exact) mass is 515 g/mol. The molecule has 4 rings (SSSR count). The van der Waals surface area contributed by atoms with Gasteiger partial charge in [-0.25, -0.2) is 4.79 Å². The fraction of sp³-hybridized carbons (Fsp3) is 0.519. The molecular weight excluding hydrogens is 482 g/mol. The second kappa shape index (κ2) is 10.5. The predicted octanol–water partition coefficient (Wildman–Crippen LogP) is 0.716. The molecule has 0 spiro atoms. The Kier molecular flexibility index (Phi) is 7.68. The number of fused-ring (bicyclic) bond motifs is 2. The van der Waals surface area contributed by atoms with Gasteiger partial charge in [0.1, 0.15) is 30.0 Å². The third-order valence-electron chi connectivity index (χ3n) is 7.21. The number of hydrogen-bond donors (Lipinski definition) is 4. The average molecular weight is 516 g/mol.